The van der Waals surface area contributed by atoms with Crippen molar-refractivity contribution in [2.24, 2.45) is 5.41 Å². The van der Waals surface area contributed by atoms with Crippen LogP contribution in [-0.2, 0) is 14.3 Å². The zero-order valence-corrected chi connectivity index (χ0v) is 12.2. The fourth-order valence-electron chi connectivity index (χ4n) is 1.57. The minimum atomic E-state index is -1.05. The standard InChI is InChI=1S/C12H19Cl2NO3/c1-3-4-5-6-15-9(16)7-18-10(17)11(2)8-12(11,13)14/h3-8H2,1-2H3,(H,15,16). The maximum Gasteiger partial charge on any atom is 0.315 e. The van der Waals surface area contributed by atoms with E-state index in [1.807, 2.05) is 0 Å². The van der Waals surface area contributed by atoms with Crippen LogP contribution in [0.15, 0.2) is 0 Å². The molecule has 1 rings (SSSR count). The molecule has 1 atom stereocenters. The second kappa shape index (κ2) is 6.11. The van der Waals surface area contributed by atoms with Gasteiger partial charge in [-0.1, -0.05) is 19.8 Å². The van der Waals surface area contributed by atoms with Gasteiger partial charge in [-0.3, -0.25) is 9.59 Å². The third kappa shape index (κ3) is 3.75. The van der Waals surface area contributed by atoms with E-state index >= 15 is 0 Å². The van der Waals surface area contributed by atoms with Gasteiger partial charge in [-0.2, -0.15) is 0 Å². The van der Waals surface area contributed by atoms with Crippen LogP contribution in [0.1, 0.15) is 39.5 Å². The van der Waals surface area contributed by atoms with Crippen molar-refractivity contribution in [3.63, 3.8) is 0 Å². The molecule has 18 heavy (non-hydrogen) atoms. The molecule has 0 aromatic rings. The minimum Gasteiger partial charge on any atom is -0.455 e. The first-order valence-corrected chi connectivity index (χ1v) is 6.91. The molecule has 0 aromatic heterocycles. The summed E-state index contributed by atoms with van der Waals surface area (Å²) in [6, 6.07) is 0. The molecular formula is C12H19Cl2NO3. The van der Waals surface area contributed by atoms with Crippen molar-refractivity contribution in [1.82, 2.24) is 5.32 Å². The molecule has 0 aromatic carbocycles. The number of nitrogens with one attached hydrogen (secondary N) is 1. The van der Waals surface area contributed by atoms with Crippen molar-refractivity contribution in [1.29, 1.82) is 0 Å². The molecule has 1 amide bonds. The van der Waals surface area contributed by atoms with Gasteiger partial charge in [-0.15, -0.1) is 23.2 Å². The zero-order chi connectivity index (χ0) is 13.8. The molecule has 0 heterocycles. The van der Waals surface area contributed by atoms with Gasteiger partial charge in [-0.25, -0.2) is 0 Å². The van der Waals surface area contributed by atoms with E-state index in [4.69, 9.17) is 27.9 Å². The van der Waals surface area contributed by atoms with Gasteiger partial charge in [0, 0.05) is 13.0 Å². The van der Waals surface area contributed by atoms with Gasteiger partial charge < -0.3 is 10.1 Å². The van der Waals surface area contributed by atoms with Crippen molar-refractivity contribution in [2.75, 3.05) is 13.2 Å². The predicted octanol–water partition coefficient (Wildman–Crippen LogP) is 2.42. The summed E-state index contributed by atoms with van der Waals surface area (Å²) in [4.78, 5) is 23.0. The lowest BCUT2D eigenvalue weighted by molar-refractivity contribution is -0.153. The van der Waals surface area contributed by atoms with E-state index in [1.165, 1.54) is 0 Å². The van der Waals surface area contributed by atoms with Gasteiger partial charge in [-0.05, 0) is 13.3 Å². The predicted molar refractivity (Wildman–Crippen MR) is 70.7 cm³/mol. The summed E-state index contributed by atoms with van der Waals surface area (Å²) in [5.41, 5.74) is -0.876. The van der Waals surface area contributed by atoms with Crippen LogP contribution in [0.25, 0.3) is 0 Å². The van der Waals surface area contributed by atoms with Crippen LogP contribution in [-0.4, -0.2) is 29.4 Å². The van der Waals surface area contributed by atoms with Gasteiger partial charge in [0.05, 0.1) is 0 Å². The molecule has 0 bridgehead atoms. The zero-order valence-electron chi connectivity index (χ0n) is 10.7. The average molecular weight is 296 g/mol. The van der Waals surface area contributed by atoms with Gasteiger partial charge in [0.2, 0.25) is 0 Å². The van der Waals surface area contributed by atoms with Gasteiger partial charge in [0.1, 0.15) is 9.75 Å². The van der Waals surface area contributed by atoms with Crippen molar-refractivity contribution in [3.05, 3.63) is 0 Å². The summed E-state index contributed by atoms with van der Waals surface area (Å²) < 4.78 is 3.85. The lowest BCUT2D eigenvalue weighted by atomic mass is 10.1. The van der Waals surface area contributed by atoms with Crippen LogP contribution in [0.3, 0.4) is 0 Å². The molecule has 1 N–H and O–H groups in total. The Morgan fingerprint density at radius 2 is 1.94 bits per heavy atom. The van der Waals surface area contributed by atoms with Crippen molar-refractivity contribution < 1.29 is 14.3 Å². The van der Waals surface area contributed by atoms with E-state index < -0.39 is 15.7 Å². The van der Waals surface area contributed by atoms with Crippen LogP contribution < -0.4 is 5.32 Å². The Morgan fingerprint density at radius 3 is 2.44 bits per heavy atom. The van der Waals surface area contributed by atoms with Gasteiger partial charge >= 0.3 is 5.97 Å². The first kappa shape index (κ1) is 15.6. The number of ether oxygens (including phenoxy) is 1. The van der Waals surface area contributed by atoms with Crippen LogP contribution in [0.5, 0.6) is 0 Å². The molecule has 4 nitrogen and oxygen atoms in total. The summed E-state index contributed by atoms with van der Waals surface area (Å²) in [5, 5.41) is 2.68. The Balaban J connectivity index is 2.17. The molecular weight excluding hydrogens is 277 g/mol. The molecule has 1 aliphatic carbocycles. The number of rotatable bonds is 7. The fourth-order valence-corrected chi connectivity index (χ4v) is 2.25. The highest BCUT2D eigenvalue weighted by atomic mass is 35.5. The Bertz CT molecular complexity index is 333. The number of carbonyl (C=O) groups is 2. The number of amides is 1. The molecule has 104 valence electrons. The smallest absolute Gasteiger partial charge is 0.315 e. The van der Waals surface area contributed by atoms with E-state index in [-0.39, 0.29) is 12.5 Å². The van der Waals surface area contributed by atoms with Crippen LogP contribution in [0.2, 0.25) is 0 Å². The van der Waals surface area contributed by atoms with Crippen LogP contribution in [0.4, 0.5) is 0 Å². The van der Waals surface area contributed by atoms with Gasteiger partial charge in [0.25, 0.3) is 5.91 Å². The maximum atomic E-state index is 11.7. The number of unbranched alkanes of at least 4 members (excludes halogenated alkanes) is 2. The Labute approximate surface area is 117 Å². The van der Waals surface area contributed by atoms with Crippen molar-refractivity contribution in [3.8, 4) is 0 Å². The molecule has 0 aliphatic heterocycles. The summed E-state index contributed by atoms with van der Waals surface area (Å²) >= 11 is 11.7. The summed E-state index contributed by atoms with van der Waals surface area (Å²) in [7, 11) is 0. The summed E-state index contributed by atoms with van der Waals surface area (Å²) in [6.45, 7) is 4.06. The highest BCUT2D eigenvalue weighted by molar-refractivity contribution is 6.53. The number of alkyl halides is 2. The van der Waals surface area contributed by atoms with Gasteiger partial charge in [0.15, 0.2) is 6.61 Å². The number of hydrogen-bond acceptors (Lipinski definition) is 3. The Hall–Kier alpha value is -0.480. The Kier molecular flexibility index (Phi) is 5.29. The molecule has 1 unspecified atom stereocenters. The number of carbonyl (C=O) groups excluding carboxylic acids is 2. The highest BCUT2D eigenvalue weighted by Gasteiger charge is 2.69. The molecule has 0 saturated heterocycles. The number of halogens is 2. The fraction of sp³-hybridized carbons (Fsp3) is 0.833. The molecule has 1 saturated carbocycles. The van der Waals surface area contributed by atoms with Crippen molar-refractivity contribution in [2.45, 2.75) is 43.9 Å². The van der Waals surface area contributed by atoms with Crippen LogP contribution in [0, 0.1) is 5.41 Å². The Morgan fingerprint density at radius 1 is 1.33 bits per heavy atom. The highest BCUT2D eigenvalue weighted by Crippen LogP contribution is 2.64. The van der Waals surface area contributed by atoms with E-state index in [1.54, 1.807) is 6.92 Å². The lowest BCUT2D eigenvalue weighted by Crippen LogP contribution is -2.31. The largest absolute Gasteiger partial charge is 0.455 e. The van der Waals surface area contributed by atoms with E-state index in [0.717, 1.165) is 19.3 Å². The lowest BCUT2D eigenvalue weighted by Gasteiger charge is -2.11. The molecule has 0 spiro atoms. The minimum absolute atomic E-state index is 0.273. The molecule has 0 radical (unpaired) electrons. The van der Waals surface area contributed by atoms with Crippen molar-refractivity contribution >= 4 is 35.1 Å². The second-order valence-corrected chi connectivity index (χ2v) is 6.33. The maximum absolute atomic E-state index is 11.7. The average Bonchev–Trinajstić information content (AvgIpc) is 2.82. The SMILES string of the molecule is CCCCCNC(=O)COC(=O)C1(C)CC1(Cl)Cl. The number of hydrogen-bond donors (Lipinski definition) is 1. The first-order chi connectivity index (χ1) is 8.33. The molecule has 1 fully saturated rings. The van der Waals surface area contributed by atoms with Crippen LogP contribution >= 0.6 is 23.2 Å². The monoisotopic (exact) mass is 295 g/mol. The van der Waals surface area contributed by atoms with E-state index in [0.29, 0.717) is 13.0 Å². The quantitative estimate of drug-likeness (QED) is 0.446. The summed E-state index contributed by atoms with van der Waals surface area (Å²) in [5.74, 6) is -0.811. The first-order valence-electron chi connectivity index (χ1n) is 6.15. The second-order valence-electron chi connectivity index (χ2n) is 4.85. The molecule has 1 aliphatic rings. The summed E-state index contributed by atoms with van der Waals surface area (Å²) in [6.07, 6.45) is 3.45. The third-order valence-corrected chi connectivity index (χ3v) is 4.25. The van der Waals surface area contributed by atoms with E-state index in [9.17, 15) is 9.59 Å². The third-order valence-electron chi connectivity index (χ3n) is 3.15. The topological polar surface area (TPSA) is 55.4 Å². The van der Waals surface area contributed by atoms with E-state index in [2.05, 4.69) is 12.2 Å². The number of esters is 1. The molecule has 6 heteroatoms. The normalized spacial score (nSPS) is 24.4.